The van der Waals surface area contributed by atoms with Crippen LogP contribution in [0.2, 0.25) is 0 Å². The monoisotopic (exact) mass is 265 g/mol. The van der Waals surface area contributed by atoms with Crippen LogP contribution in [0, 0.1) is 6.92 Å². The largest absolute Gasteiger partial charge is 0.321 e. The summed E-state index contributed by atoms with van der Waals surface area (Å²) in [6.07, 6.45) is 2.00. The molecule has 17 heavy (non-hydrogen) atoms. The highest BCUT2D eigenvalue weighted by molar-refractivity contribution is 7.98. The van der Waals surface area contributed by atoms with Crippen molar-refractivity contribution in [2.24, 2.45) is 0 Å². The predicted octanol–water partition coefficient (Wildman–Crippen LogP) is 2.82. The normalized spacial score (nSPS) is 10.2. The van der Waals surface area contributed by atoms with Crippen molar-refractivity contribution in [2.45, 2.75) is 11.8 Å². The number of nitrogens with zero attached hydrogens (tertiary/aromatic N) is 2. The number of aryl methyl sites for hydroxylation is 1. The first-order valence-corrected chi connectivity index (χ1v) is 6.95. The van der Waals surface area contributed by atoms with Gasteiger partial charge in [-0.25, -0.2) is 0 Å². The van der Waals surface area contributed by atoms with Gasteiger partial charge in [0.1, 0.15) is 4.88 Å². The van der Waals surface area contributed by atoms with Gasteiger partial charge in [-0.3, -0.25) is 4.79 Å². The lowest BCUT2D eigenvalue weighted by Crippen LogP contribution is -2.11. The summed E-state index contributed by atoms with van der Waals surface area (Å²) < 4.78 is 3.74. The van der Waals surface area contributed by atoms with E-state index in [1.165, 1.54) is 0 Å². The molecule has 0 aliphatic rings. The van der Waals surface area contributed by atoms with Crippen LogP contribution in [0.3, 0.4) is 0 Å². The van der Waals surface area contributed by atoms with Crippen molar-refractivity contribution in [1.82, 2.24) is 9.59 Å². The van der Waals surface area contributed by atoms with E-state index in [4.69, 9.17) is 0 Å². The van der Waals surface area contributed by atoms with Crippen LogP contribution in [0.1, 0.15) is 15.4 Å². The van der Waals surface area contributed by atoms with E-state index in [1.807, 2.05) is 30.5 Å². The van der Waals surface area contributed by atoms with E-state index in [1.54, 1.807) is 18.7 Å². The van der Waals surface area contributed by atoms with Crippen molar-refractivity contribution in [1.29, 1.82) is 0 Å². The number of amides is 1. The van der Waals surface area contributed by atoms with Gasteiger partial charge in [0.15, 0.2) is 0 Å². The maximum absolute atomic E-state index is 11.9. The first kappa shape index (κ1) is 12.1. The molecule has 0 bridgehead atoms. The summed E-state index contributed by atoms with van der Waals surface area (Å²) in [5.74, 6) is -0.157. The number of carbonyl (C=O) groups is 1. The molecule has 1 amide bonds. The second kappa shape index (κ2) is 5.29. The third-order valence-electron chi connectivity index (χ3n) is 2.19. The number of hydrogen-bond donors (Lipinski definition) is 1. The molecule has 0 saturated carbocycles. The van der Waals surface area contributed by atoms with Crippen LogP contribution in [0.25, 0.3) is 0 Å². The number of carbonyl (C=O) groups excluding carboxylic acids is 1. The number of aromatic nitrogens is 2. The Morgan fingerprint density at radius 3 is 2.94 bits per heavy atom. The number of nitrogens with one attached hydrogen (secondary N) is 1. The SMILES string of the molecule is CSc1cccc(NC(=O)c2snnc2C)c1. The standard InChI is InChI=1S/C11H11N3OS2/c1-7-10(17-14-13-7)11(15)12-8-4-3-5-9(6-8)16-2/h3-6H,1-2H3,(H,12,15). The minimum absolute atomic E-state index is 0.157. The van der Waals surface area contributed by atoms with Gasteiger partial charge in [-0.2, -0.15) is 0 Å². The lowest BCUT2D eigenvalue weighted by Gasteiger charge is -2.04. The van der Waals surface area contributed by atoms with E-state index in [0.29, 0.717) is 10.6 Å². The maximum Gasteiger partial charge on any atom is 0.269 e. The van der Waals surface area contributed by atoms with Crippen LogP contribution < -0.4 is 5.32 Å². The molecule has 0 saturated heterocycles. The van der Waals surface area contributed by atoms with Crippen LogP contribution in [-0.2, 0) is 0 Å². The Morgan fingerprint density at radius 2 is 2.29 bits per heavy atom. The van der Waals surface area contributed by atoms with Crippen molar-refractivity contribution in [3.63, 3.8) is 0 Å². The summed E-state index contributed by atoms with van der Waals surface area (Å²) in [6.45, 7) is 1.77. The highest BCUT2D eigenvalue weighted by Gasteiger charge is 2.13. The summed E-state index contributed by atoms with van der Waals surface area (Å²) in [6, 6.07) is 7.72. The fraction of sp³-hybridized carbons (Fsp3) is 0.182. The summed E-state index contributed by atoms with van der Waals surface area (Å²) in [4.78, 5) is 13.6. The number of thioether (sulfide) groups is 1. The molecule has 0 unspecified atom stereocenters. The maximum atomic E-state index is 11.9. The molecule has 4 nitrogen and oxygen atoms in total. The van der Waals surface area contributed by atoms with Gasteiger partial charge in [0.25, 0.3) is 5.91 Å². The molecule has 0 aliphatic carbocycles. The Hall–Kier alpha value is -1.40. The number of hydrogen-bond acceptors (Lipinski definition) is 5. The van der Waals surface area contributed by atoms with E-state index >= 15 is 0 Å². The van der Waals surface area contributed by atoms with E-state index in [-0.39, 0.29) is 5.91 Å². The highest BCUT2D eigenvalue weighted by atomic mass is 32.2. The highest BCUT2D eigenvalue weighted by Crippen LogP contribution is 2.20. The second-order valence-corrected chi connectivity index (χ2v) is 5.01. The minimum Gasteiger partial charge on any atom is -0.321 e. The van der Waals surface area contributed by atoms with Crippen LogP contribution in [-0.4, -0.2) is 21.7 Å². The van der Waals surface area contributed by atoms with Crippen LogP contribution >= 0.6 is 23.3 Å². The van der Waals surface area contributed by atoms with Crippen LogP contribution in [0.15, 0.2) is 29.2 Å². The quantitative estimate of drug-likeness (QED) is 0.867. The second-order valence-electron chi connectivity index (χ2n) is 3.37. The molecule has 1 aromatic heterocycles. The Bertz CT molecular complexity index is 539. The molecule has 88 valence electrons. The molecule has 0 atom stereocenters. The third kappa shape index (κ3) is 2.83. The molecule has 0 fully saturated rings. The minimum atomic E-state index is -0.157. The van der Waals surface area contributed by atoms with E-state index < -0.39 is 0 Å². The van der Waals surface area contributed by atoms with E-state index in [9.17, 15) is 4.79 Å². The van der Waals surface area contributed by atoms with Crippen molar-refractivity contribution in [2.75, 3.05) is 11.6 Å². The summed E-state index contributed by atoms with van der Waals surface area (Å²) in [7, 11) is 0. The molecule has 1 heterocycles. The van der Waals surface area contributed by atoms with Crippen LogP contribution in [0.5, 0.6) is 0 Å². The van der Waals surface area contributed by atoms with Crippen molar-refractivity contribution in [3.8, 4) is 0 Å². The first-order valence-electron chi connectivity index (χ1n) is 4.95. The average molecular weight is 265 g/mol. The molecule has 0 spiro atoms. The van der Waals surface area contributed by atoms with Crippen molar-refractivity contribution >= 4 is 34.9 Å². The number of anilines is 1. The van der Waals surface area contributed by atoms with Gasteiger partial charge in [0, 0.05) is 10.6 Å². The third-order valence-corrected chi connectivity index (χ3v) is 3.74. The molecular weight excluding hydrogens is 254 g/mol. The molecule has 1 aromatic carbocycles. The Kier molecular flexibility index (Phi) is 3.75. The Labute approximate surface area is 108 Å². The summed E-state index contributed by atoms with van der Waals surface area (Å²) in [5.41, 5.74) is 1.45. The van der Waals surface area contributed by atoms with Crippen molar-refractivity contribution in [3.05, 3.63) is 34.8 Å². The zero-order valence-electron chi connectivity index (χ0n) is 9.43. The molecule has 0 aliphatic heterocycles. The smallest absolute Gasteiger partial charge is 0.269 e. The topological polar surface area (TPSA) is 54.9 Å². The van der Waals surface area contributed by atoms with Gasteiger partial charge in [-0.1, -0.05) is 10.6 Å². The molecule has 1 N–H and O–H groups in total. The Morgan fingerprint density at radius 1 is 1.47 bits per heavy atom. The molecular formula is C11H11N3OS2. The van der Waals surface area contributed by atoms with Gasteiger partial charge in [-0.15, -0.1) is 16.9 Å². The average Bonchev–Trinajstić information content (AvgIpc) is 2.76. The van der Waals surface area contributed by atoms with Gasteiger partial charge in [0.05, 0.1) is 5.69 Å². The lowest BCUT2D eigenvalue weighted by atomic mass is 10.3. The molecule has 6 heteroatoms. The predicted molar refractivity (Wildman–Crippen MR) is 70.8 cm³/mol. The number of benzene rings is 1. The van der Waals surface area contributed by atoms with Gasteiger partial charge >= 0.3 is 0 Å². The van der Waals surface area contributed by atoms with Crippen molar-refractivity contribution < 1.29 is 4.79 Å². The summed E-state index contributed by atoms with van der Waals surface area (Å²) >= 11 is 2.75. The Balaban J connectivity index is 2.16. The fourth-order valence-electron chi connectivity index (χ4n) is 1.33. The first-order chi connectivity index (χ1) is 8.20. The lowest BCUT2D eigenvalue weighted by molar-refractivity contribution is 0.103. The number of rotatable bonds is 3. The van der Waals surface area contributed by atoms with Gasteiger partial charge in [0.2, 0.25) is 0 Å². The van der Waals surface area contributed by atoms with Gasteiger partial charge in [-0.05, 0) is 42.9 Å². The molecule has 2 aromatic rings. The molecule has 0 radical (unpaired) electrons. The fourth-order valence-corrected chi connectivity index (χ4v) is 2.34. The van der Waals surface area contributed by atoms with Crippen LogP contribution in [0.4, 0.5) is 5.69 Å². The summed E-state index contributed by atoms with van der Waals surface area (Å²) in [5, 5.41) is 6.65. The molecule has 2 rings (SSSR count). The van der Waals surface area contributed by atoms with Gasteiger partial charge < -0.3 is 5.32 Å². The van der Waals surface area contributed by atoms with E-state index in [0.717, 1.165) is 22.1 Å². The zero-order valence-corrected chi connectivity index (χ0v) is 11.1. The zero-order chi connectivity index (χ0) is 12.3. The van der Waals surface area contributed by atoms with E-state index in [2.05, 4.69) is 14.9 Å².